The van der Waals surface area contributed by atoms with Crippen LogP contribution < -0.4 is 15.8 Å². The fourth-order valence-electron chi connectivity index (χ4n) is 2.63. The van der Waals surface area contributed by atoms with Crippen LogP contribution in [0.1, 0.15) is 36.2 Å². The average Bonchev–Trinajstić information content (AvgIpc) is 2.56. The molecular weight excluding hydrogens is 316 g/mol. The number of nitrogen functional groups attached to an aromatic ring is 1. The number of nitrogens with two attached hydrogens (primary N) is 1. The van der Waals surface area contributed by atoms with E-state index < -0.39 is 0 Å². The zero-order valence-corrected chi connectivity index (χ0v) is 15.0. The number of hydrogen-bond acceptors (Lipinski definition) is 5. The van der Waals surface area contributed by atoms with Crippen molar-refractivity contribution in [1.82, 2.24) is 5.32 Å². The van der Waals surface area contributed by atoms with Crippen LogP contribution in [0.5, 0.6) is 11.5 Å². The van der Waals surface area contributed by atoms with E-state index in [-0.39, 0.29) is 16.9 Å². The SMILES string of the molecule is COc1ccc(O)c(CNCC(C)(C)CC(=O)c2ccc(N)cc2)c1. The Labute approximate surface area is 148 Å². The molecule has 0 saturated carbocycles. The molecule has 0 aliphatic carbocycles. The predicted octanol–water partition coefficient (Wildman–Crippen LogP) is 3.37. The van der Waals surface area contributed by atoms with Crippen molar-refractivity contribution >= 4 is 11.5 Å². The maximum Gasteiger partial charge on any atom is 0.163 e. The molecular formula is C20H26N2O3. The van der Waals surface area contributed by atoms with Gasteiger partial charge in [-0.15, -0.1) is 0 Å². The van der Waals surface area contributed by atoms with Gasteiger partial charge in [-0.05, 0) is 47.9 Å². The molecule has 0 aromatic heterocycles. The molecule has 0 aliphatic heterocycles. The summed E-state index contributed by atoms with van der Waals surface area (Å²) in [7, 11) is 1.59. The Morgan fingerprint density at radius 1 is 1.20 bits per heavy atom. The molecule has 0 saturated heterocycles. The fourth-order valence-corrected chi connectivity index (χ4v) is 2.63. The topological polar surface area (TPSA) is 84.6 Å². The van der Waals surface area contributed by atoms with E-state index in [4.69, 9.17) is 10.5 Å². The minimum absolute atomic E-state index is 0.0935. The number of aromatic hydroxyl groups is 1. The highest BCUT2D eigenvalue weighted by Gasteiger charge is 2.22. The maximum atomic E-state index is 12.4. The molecule has 5 heteroatoms. The van der Waals surface area contributed by atoms with Crippen LogP contribution in [0.2, 0.25) is 0 Å². The highest BCUT2D eigenvalue weighted by molar-refractivity contribution is 5.96. The van der Waals surface area contributed by atoms with E-state index in [9.17, 15) is 9.90 Å². The standard InChI is InChI=1S/C20H26N2O3/c1-20(2,11-19(24)14-4-6-16(21)7-5-14)13-22-12-15-10-17(25-3)8-9-18(15)23/h4-10,22-23H,11-13,21H2,1-3H3. The van der Waals surface area contributed by atoms with E-state index in [1.54, 1.807) is 49.6 Å². The van der Waals surface area contributed by atoms with Gasteiger partial charge in [0.15, 0.2) is 5.78 Å². The molecule has 5 nitrogen and oxygen atoms in total. The second kappa shape index (κ2) is 8.03. The summed E-state index contributed by atoms with van der Waals surface area (Å²) in [5.41, 5.74) is 7.53. The van der Waals surface area contributed by atoms with Crippen LogP contribution in [0, 0.1) is 5.41 Å². The number of ketones is 1. The number of carbonyl (C=O) groups is 1. The molecule has 0 spiro atoms. The molecule has 0 amide bonds. The third kappa shape index (κ3) is 5.50. The van der Waals surface area contributed by atoms with Crippen molar-refractivity contribution in [2.75, 3.05) is 19.4 Å². The van der Waals surface area contributed by atoms with Gasteiger partial charge in [0.05, 0.1) is 7.11 Å². The van der Waals surface area contributed by atoms with Crippen molar-refractivity contribution < 1.29 is 14.6 Å². The molecule has 134 valence electrons. The first-order chi connectivity index (χ1) is 11.8. The summed E-state index contributed by atoms with van der Waals surface area (Å²) in [6.45, 7) is 5.23. The summed E-state index contributed by atoms with van der Waals surface area (Å²) in [6.07, 6.45) is 0.425. The molecule has 4 N–H and O–H groups in total. The first-order valence-electron chi connectivity index (χ1n) is 8.26. The fraction of sp³-hybridized carbons (Fsp3) is 0.350. The average molecular weight is 342 g/mol. The number of ether oxygens (including phenoxy) is 1. The molecule has 0 atom stereocenters. The minimum Gasteiger partial charge on any atom is -0.508 e. The van der Waals surface area contributed by atoms with Crippen molar-refractivity contribution in [3.05, 3.63) is 53.6 Å². The molecule has 0 unspecified atom stereocenters. The van der Waals surface area contributed by atoms with Gasteiger partial charge in [0.1, 0.15) is 11.5 Å². The van der Waals surface area contributed by atoms with Gasteiger partial charge in [0.2, 0.25) is 0 Å². The Hall–Kier alpha value is -2.53. The maximum absolute atomic E-state index is 12.4. The number of phenolic OH excluding ortho intramolecular Hbond substituents is 1. The van der Waals surface area contributed by atoms with Crippen LogP contribution in [0.15, 0.2) is 42.5 Å². The van der Waals surface area contributed by atoms with Crippen molar-refractivity contribution in [3.63, 3.8) is 0 Å². The van der Waals surface area contributed by atoms with Crippen LogP contribution in [0.4, 0.5) is 5.69 Å². The third-order valence-corrected chi connectivity index (χ3v) is 4.08. The second-order valence-electron chi connectivity index (χ2n) is 6.98. The highest BCUT2D eigenvalue weighted by Crippen LogP contribution is 2.25. The van der Waals surface area contributed by atoms with Gasteiger partial charge >= 0.3 is 0 Å². The van der Waals surface area contributed by atoms with E-state index in [0.29, 0.717) is 36.5 Å². The zero-order chi connectivity index (χ0) is 18.4. The van der Waals surface area contributed by atoms with Gasteiger partial charge in [-0.1, -0.05) is 13.8 Å². The lowest BCUT2D eigenvalue weighted by Gasteiger charge is -2.24. The summed E-state index contributed by atoms with van der Waals surface area (Å²) in [4.78, 5) is 12.4. The minimum atomic E-state index is -0.215. The van der Waals surface area contributed by atoms with Crippen LogP contribution in [0.3, 0.4) is 0 Å². The molecule has 0 aliphatic rings. The quantitative estimate of drug-likeness (QED) is 0.506. The molecule has 2 rings (SSSR count). The van der Waals surface area contributed by atoms with Crippen LogP contribution in [-0.4, -0.2) is 24.5 Å². The number of rotatable bonds is 8. The molecule has 0 heterocycles. The lowest BCUT2D eigenvalue weighted by Crippen LogP contribution is -2.31. The van der Waals surface area contributed by atoms with Crippen molar-refractivity contribution in [2.24, 2.45) is 5.41 Å². The number of carbonyl (C=O) groups excluding carboxylic acids is 1. The predicted molar refractivity (Wildman–Crippen MR) is 99.9 cm³/mol. The van der Waals surface area contributed by atoms with Crippen molar-refractivity contribution in [1.29, 1.82) is 0 Å². The molecule has 2 aromatic carbocycles. The molecule has 0 radical (unpaired) electrons. The number of hydrogen-bond donors (Lipinski definition) is 3. The Bertz CT molecular complexity index is 724. The lowest BCUT2D eigenvalue weighted by molar-refractivity contribution is 0.0930. The molecule has 0 bridgehead atoms. The number of Topliss-reactive ketones (excluding diaryl/α,β-unsaturated/α-hetero) is 1. The lowest BCUT2D eigenvalue weighted by atomic mass is 9.85. The van der Waals surface area contributed by atoms with Crippen LogP contribution in [0.25, 0.3) is 0 Å². The van der Waals surface area contributed by atoms with Gasteiger partial charge in [0.25, 0.3) is 0 Å². The van der Waals surface area contributed by atoms with E-state index in [1.165, 1.54) is 0 Å². The normalized spacial score (nSPS) is 11.3. The number of phenols is 1. The summed E-state index contributed by atoms with van der Waals surface area (Å²) >= 11 is 0. The number of benzene rings is 2. The summed E-state index contributed by atoms with van der Waals surface area (Å²) in [5.74, 6) is 1.02. The third-order valence-electron chi connectivity index (χ3n) is 4.08. The molecule has 0 fully saturated rings. The van der Waals surface area contributed by atoms with E-state index in [0.717, 1.165) is 5.56 Å². The van der Waals surface area contributed by atoms with E-state index in [2.05, 4.69) is 5.32 Å². The van der Waals surface area contributed by atoms with Gasteiger partial charge < -0.3 is 20.9 Å². The van der Waals surface area contributed by atoms with Gasteiger partial charge in [-0.3, -0.25) is 4.79 Å². The Morgan fingerprint density at radius 3 is 2.52 bits per heavy atom. The van der Waals surface area contributed by atoms with Gasteiger partial charge in [0, 0.05) is 36.3 Å². The number of anilines is 1. The van der Waals surface area contributed by atoms with Crippen LogP contribution >= 0.6 is 0 Å². The summed E-state index contributed by atoms with van der Waals surface area (Å²) in [6, 6.07) is 12.1. The van der Waals surface area contributed by atoms with Crippen molar-refractivity contribution in [2.45, 2.75) is 26.8 Å². The second-order valence-corrected chi connectivity index (χ2v) is 6.98. The van der Waals surface area contributed by atoms with Crippen LogP contribution in [-0.2, 0) is 6.54 Å². The first kappa shape index (κ1) is 18.8. The first-order valence-corrected chi connectivity index (χ1v) is 8.26. The van der Waals surface area contributed by atoms with E-state index in [1.807, 2.05) is 13.8 Å². The van der Waals surface area contributed by atoms with Crippen molar-refractivity contribution in [3.8, 4) is 11.5 Å². The Morgan fingerprint density at radius 2 is 1.88 bits per heavy atom. The van der Waals surface area contributed by atoms with E-state index >= 15 is 0 Å². The largest absolute Gasteiger partial charge is 0.508 e. The highest BCUT2D eigenvalue weighted by atomic mass is 16.5. The smallest absolute Gasteiger partial charge is 0.163 e. The van der Waals surface area contributed by atoms with Gasteiger partial charge in [-0.2, -0.15) is 0 Å². The number of methoxy groups -OCH3 is 1. The monoisotopic (exact) mass is 342 g/mol. The molecule has 2 aromatic rings. The van der Waals surface area contributed by atoms with Gasteiger partial charge in [-0.25, -0.2) is 0 Å². The summed E-state index contributed by atoms with van der Waals surface area (Å²) in [5, 5.41) is 13.2. The summed E-state index contributed by atoms with van der Waals surface area (Å²) < 4.78 is 5.17. The Balaban J connectivity index is 1.90. The zero-order valence-electron chi connectivity index (χ0n) is 15.0. The Kier molecular flexibility index (Phi) is 6.04. The molecule has 25 heavy (non-hydrogen) atoms. The number of nitrogens with one attached hydrogen (secondary N) is 1.